The van der Waals surface area contributed by atoms with E-state index in [9.17, 15) is 44.1 Å². The van der Waals surface area contributed by atoms with E-state index in [-0.39, 0.29) is 45.3 Å². The van der Waals surface area contributed by atoms with Gasteiger partial charge in [0.1, 0.15) is 22.7 Å². The van der Waals surface area contributed by atoms with Crippen LogP contribution < -0.4 is 30.7 Å². The van der Waals surface area contributed by atoms with Gasteiger partial charge in [0.15, 0.2) is 0 Å². The normalized spacial score (nSPS) is 14.1. The highest BCUT2D eigenvalue weighted by Crippen LogP contribution is 2.36. The molecule has 94 heavy (non-hydrogen) atoms. The second-order valence-electron chi connectivity index (χ2n) is 25.4. The summed E-state index contributed by atoms with van der Waals surface area (Å²) in [6.45, 7) is 18.5. The van der Waals surface area contributed by atoms with Gasteiger partial charge in [-0.2, -0.15) is 0 Å². The van der Waals surface area contributed by atoms with E-state index < -0.39 is 40.9 Å². The van der Waals surface area contributed by atoms with Gasteiger partial charge in [-0.1, -0.05) is 46.3 Å². The van der Waals surface area contributed by atoms with Crippen molar-refractivity contribution in [3.63, 3.8) is 0 Å². The summed E-state index contributed by atoms with van der Waals surface area (Å²) in [5.74, 6) is -3.63. The van der Waals surface area contributed by atoms with Crippen LogP contribution in [0, 0.1) is 6.92 Å². The lowest BCUT2D eigenvalue weighted by molar-refractivity contribution is 0.00580. The van der Waals surface area contributed by atoms with Crippen molar-refractivity contribution in [1.29, 1.82) is 0 Å². The van der Waals surface area contributed by atoms with Crippen LogP contribution in [0.1, 0.15) is 167 Å². The molecule has 3 amide bonds. The van der Waals surface area contributed by atoms with E-state index in [4.69, 9.17) is 9.47 Å². The SMILES string of the molecule is CC(C)(C)OC(=O)c1ccc(-c2cccs2)cc1NC(=O)c1cc(N2CCCCC2)ccc1O.Cc1ccc(N2CCCCC2)cc1C(=O)Nc1cc(Br)ccc1C(=O)OC(C)(C)C.O=C(Nc1cc(-c2cccs2)ccc1C(=O)O)c1cc(N2CCCCC2)ccc1O. The molecule has 3 aliphatic heterocycles. The van der Waals surface area contributed by atoms with Gasteiger partial charge in [-0.3, -0.25) is 14.4 Å². The molecule has 3 aliphatic rings. The number of hydrogen-bond acceptors (Lipinski definition) is 15. The molecule has 0 atom stereocenters. The Labute approximate surface area is 565 Å². The summed E-state index contributed by atoms with van der Waals surface area (Å²) >= 11 is 6.52. The van der Waals surface area contributed by atoms with Crippen molar-refractivity contribution < 1.29 is 53.6 Å². The number of nitrogens with zero attached hydrogens (tertiary/aromatic N) is 3. The van der Waals surface area contributed by atoms with E-state index in [0.29, 0.717) is 22.5 Å². The standard InChI is InChI=1S/C27H30N2O4S.C24H29BrN2O3.C23H22N2O4S/c1-27(2,3)33-26(32)20-11-9-18(24-8-7-15-34-24)16-22(20)28-25(31)21-17-19(10-12-23(21)30)29-13-5-4-6-14-29;1-16-8-10-18(27-12-6-5-7-13-27)15-20(16)22(28)26-21-14-17(25)9-11-19(21)23(29)30-24(2,3)4;26-20-9-7-16(25-10-2-1-3-11-25)14-18(20)22(27)24-19-13-15(21-5-4-12-30-21)6-8-17(19)23(28)29/h7-12,15-17,30H,4-6,13-14H2,1-3H3,(H,28,31);8-11,14-15H,5-7,12-13H2,1-4H3,(H,26,28);4-9,12-14,26H,1-3,10-11H2,(H,24,27)(H,28,29). The van der Waals surface area contributed by atoms with Crippen LogP contribution in [0.2, 0.25) is 0 Å². The Balaban J connectivity index is 0.000000166. The average molecular weight is 1370 g/mol. The molecule has 20 heteroatoms. The molecule has 3 saturated heterocycles. The van der Waals surface area contributed by atoms with Crippen molar-refractivity contribution in [3.8, 4) is 32.4 Å². The Morgan fingerprint density at radius 1 is 0.436 bits per heavy atom. The number of aryl methyl sites for hydroxylation is 1. The van der Waals surface area contributed by atoms with Gasteiger partial charge in [-0.05, 0) is 237 Å². The lowest BCUT2D eigenvalue weighted by atomic mass is 10.0. The minimum absolute atomic E-state index is 0.00432. The Kier molecular flexibility index (Phi) is 23.1. The van der Waals surface area contributed by atoms with E-state index in [1.54, 1.807) is 98.8 Å². The quantitative estimate of drug-likeness (QED) is 0.0557. The van der Waals surface area contributed by atoms with Crippen molar-refractivity contribution in [2.75, 3.05) is 69.9 Å². The van der Waals surface area contributed by atoms with Gasteiger partial charge in [0, 0.05) is 76.1 Å². The molecule has 17 nitrogen and oxygen atoms in total. The number of esters is 2. The Morgan fingerprint density at radius 2 is 0.798 bits per heavy atom. The van der Waals surface area contributed by atoms with Gasteiger partial charge in [-0.25, -0.2) is 14.4 Å². The number of anilines is 6. The predicted molar refractivity (Wildman–Crippen MR) is 380 cm³/mol. The Morgan fingerprint density at radius 3 is 1.19 bits per heavy atom. The molecule has 492 valence electrons. The number of piperidine rings is 3. The van der Waals surface area contributed by atoms with Crippen molar-refractivity contribution in [1.82, 2.24) is 0 Å². The molecule has 6 aromatic carbocycles. The number of nitrogens with one attached hydrogen (secondary N) is 3. The fourth-order valence-corrected chi connectivity index (χ4v) is 13.0. The first-order valence-corrected chi connectivity index (χ1v) is 34.2. The summed E-state index contributed by atoms with van der Waals surface area (Å²) in [7, 11) is 0. The molecule has 5 heterocycles. The van der Waals surface area contributed by atoms with E-state index >= 15 is 0 Å². The maximum Gasteiger partial charge on any atom is 0.340 e. The third-order valence-electron chi connectivity index (χ3n) is 15.9. The van der Waals surface area contributed by atoms with Gasteiger partial charge in [0.05, 0.1) is 44.9 Å². The Hall–Kier alpha value is -8.98. The minimum atomic E-state index is -1.13. The molecular weight excluding hydrogens is 1290 g/mol. The third-order valence-corrected chi connectivity index (χ3v) is 18.3. The number of carbonyl (C=O) groups is 6. The van der Waals surface area contributed by atoms with Crippen molar-refractivity contribution in [2.45, 2.75) is 117 Å². The first-order valence-electron chi connectivity index (χ1n) is 31.7. The van der Waals surface area contributed by atoms with Crippen LogP contribution in [0.5, 0.6) is 11.5 Å². The molecule has 0 radical (unpaired) electrons. The zero-order chi connectivity index (χ0) is 67.3. The molecule has 0 aliphatic carbocycles. The highest BCUT2D eigenvalue weighted by Gasteiger charge is 2.27. The maximum atomic E-state index is 13.3. The number of aromatic carboxylic acids is 1. The first-order chi connectivity index (χ1) is 44.9. The number of rotatable bonds is 14. The van der Waals surface area contributed by atoms with Crippen LogP contribution in [0.4, 0.5) is 34.1 Å². The van der Waals surface area contributed by atoms with Crippen LogP contribution >= 0.6 is 38.6 Å². The second kappa shape index (κ2) is 31.3. The smallest absolute Gasteiger partial charge is 0.340 e. The van der Waals surface area contributed by atoms with E-state index in [1.165, 1.54) is 55.6 Å². The number of carboxylic acid groups (broad SMARTS) is 1. The number of benzene rings is 6. The molecule has 11 rings (SSSR count). The number of halogens is 1. The van der Waals surface area contributed by atoms with E-state index in [0.717, 1.165) is 113 Å². The highest BCUT2D eigenvalue weighted by molar-refractivity contribution is 9.10. The lowest BCUT2D eigenvalue weighted by Gasteiger charge is -2.29. The van der Waals surface area contributed by atoms with Gasteiger partial charge in [0.25, 0.3) is 17.7 Å². The first kappa shape index (κ1) is 69.4. The number of carboxylic acids is 1. The molecule has 0 bridgehead atoms. The summed E-state index contributed by atoms with van der Waals surface area (Å²) in [4.78, 5) is 85.3. The fraction of sp³-hybridized carbons (Fsp3) is 0.324. The predicted octanol–water partition coefficient (Wildman–Crippen LogP) is 17.3. The molecule has 8 aromatic rings. The van der Waals surface area contributed by atoms with Crippen LogP contribution in [0.15, 0.2) is 149 Å². The van der Waals surface area contributed by atoms with Crippen LogP contribution in [0.25, 0.3) is 20.9 Å². The Bertz CT molecular complexity index is 4010. The maximum absolute atomic E-state index is 13.3. The van der Waals surface area contributed by atoms with Crippen LogP contribution in [-0.2, 0) is 9.47 Å². The number of hydrogen-bond donors (Lipinski definition) is 6. The number of phenols is 2. The second-order valence-corrected chi connectivity index (χ2v) is 28.2. The van der Waals surface area contributed by atoms with E-state index in [2.05, 4.69) is 52.6 Å². The van der Waals surface area contributed by atoms with E-state index in [1.807, 2.05) is 87.0 Å². The average Bonchev–Trinajstić information content (AvgIpc) is 2.24. The fourth-order valence-electron chi connectivity index (χ4n) is 11.2. The number of carbonyl (C=O) groups excluding carboxylic acids is 5. The molecule has 0 saturated carbocycles. The highest BCUT2D eigenvalue weighted by atomic mass is 79.9. The summed E-state index contributed by atoms with van der Waals surface area (Å²) in [5.41, 5.74) is 6.57. The topological polar surface area (TPSA) is 227 Å². The van der Waals surface area contributed by atoms with Crippen LogP contribution in [-0.4, -0.2) is 101 Å². The van der Waals surface area contributed by atoms with Crippen molar-refractivity contribution in [3.05, 3.63) is 188 Å². The summed E-state index contributed by atoms with van der Waals surface area (Å²) < 4.78 is 11.8. The molecule has 0 unspecified atom stereocenters. The minimum Gasteiger partial charge on any atom is -0.507 e. The van der Waals surface area contributed by atoms with Crippen LogP contribution in [0.3, 0.4) is 0 Å². The molecular formula is C74H81BrN6O11S2. The molecule has 0 spiro atoms. The van der Waals surface area contributed by atoms with Gasteiger partial charge >= 0.3 is 17.9 Å². The number of ether oxygens (including phenoxy) is 2. The van der Waals surface area contributed by atoms with Gasteiger partial charge < -0.3 is 55.4 Å². The number of phenolic OH excluding ortho intramolecular Hbond substituents is 2. The largest absolute Gasteiger partial charge is 0.507 e. The molecule has 2 aromatic heterocycles. The number of aromatic hydroxyl groups is 2. The number of amides is 3. The molecule has 3 fully saturated rings. The van der Waals surface area contributed by atoms with Gasteiger partial charge in [0.2, 0.25) is 0 Å². The summed E-state index contributed by atoms with van der Waals surface area (Å²) in [5, 5.41) is 42.6. The van der Waals surface area contributed by atoms with Gasteiger partial charge in [-0.15, -0.1) is 22.7 Å². The van der Waals surface area contributed by atoms with Crippen molar-refractivity contribution in [2.24, 2.45) is 0 Å². The zero-order valence-electron chi connectivity index (χ0n) is 54.1. The summed E-state index contributed by atoms with van der Waals surface area (Å²) in [6.07, 6.45) is 10.4. The lowest BCUT2D eigenvalue weighted by Crippen LogP contribution is -2.29. The van der Waals surface area contributed by atoms with Crippen molar-refractivity contribution >= 4 is 108 Å². The number of thiophene rings is 2. The third kappa shape index (κ3) is 18.7. The zero-order valence-corrected chi connectivity index (χ0v) is 57.3. The summed E-state index contributed by atoms with van der Waals surface area (Å²) in [6, 6.07) is 39.1. The monoisotopic (exact) mass is 1370 g/mol. The molecule has 6 N–H and O–H groups in total.